The normalized spacial score (nSPS) is 8.60. The molecule has 5 heavy (non-hydrogen) atoms. The van der Waals surface area contributed by atoms with E-state index in [2.05, 4.69) is 11.7 Å². The first-order chi connectivity index (χ1) is 2.27. The molecule has 0 aromatic rings. The predicted octanol–water partition coefficient (Wildman–Crippen LogP) is 1.45. The van der Waals surface area contributed by atoms with Crippen LogP contribution in [0.4, 0.5) is 0 Å². The van der Waals surface area contributed by atoms with Gasteiger partial charge in [-0.05, 0) is 6.72 Å². The summed E-state index contributed by atoms with van der Waals surface area (Å²) in [5, 5.41) is 0. The van der Waals surface area contributed by atoms with Gasteiger partial charge in [0, 0.05) is 0 Å². The van der Waals surface area contributed by atoms with Crippen LogP contribution >= 0.6 is 23.2 Å². The molecule has 0 bridgehead atoms. The van der Waals surface area contributed by atoms with E-state index in [0.717, 1.165) is 0 Å². The van der Waals surface area contributed by atoms with Crippen LogP contribution in [0, 0.1) is 0 Å². The molecule has 0 aliphatic rings. The lowest BCUT2D eigenvalue weighted by Crippen LogP contribution is -1.70. The van der Waals surface area contributed by atoms with Crippen LogP contribution in [0.15, 0.2) is 4.99 Å². The molecule has 0 radical (unpaired) electrons. The average Bonchev–Trinajstić information content (AvgIpc) is 1.38. The minimum atomic E-state index is -0.657. The van der Waals surface area contributed by atoms with Gasteiger partial charge in [-0.1, -0.05) is 23.2 Å². The van der Waals surface area contributed by atoms with Crippen molar-refractivity contribution in [1.29, 1.82) is 0 Å². The zero-order chi connectivity index (χ0) is 4.28. The molecule has 3 heteroatoms. The number of alkyl halides is 2. The molecule has 0 aliphatic heterocycles. The third-order valence-electron chi connectivity index (χ3n) is 0.138. The molecule has 0 heterocycles. The Hall–Kier alpha value is 0.250. The van der Waals surface area contributed by atoms with E-state index in [1.165, 1.54) is 0 Å². The van der Waals surface area contributed by atoms with Gasteiger partial charge in [-0.3, -0.25) is 4.99 Å². The van der Waals surface area contributed by atoms with Gasteiger partial charge in [-0.15, -0.1) is 0 Å². The van der Waals surface area contributed by atoms with Crippen LogP contribution in [-0.4, -0.2) is 11.7 Å². The molecule has 0 unspecified atom stereocenters. The lowest BCUT2D eigenvalue weighted by molar-refractivity contribution is 1.29. The monoisotopic (exact) mass is 111 g/mol. The maximum atomic E-state index is 5.00. The van der Waals surface area contributed by atoms with Crippen LogP contribution in [0.25, 0.3) is 0 Å². The quantitative estimate of drug-likeness (QED) is 0.276. The second-order valence-corrected chi connectivity index (χ2v) is 1.51. The molecular formula is C2H3Cl2N. The summed E-state index contributed by atoms with van der Waals surface area (Å²) in [7, 11) is 0. The van der Waals surface area contributed by atoms with Crippen LogP contribution < -0.4 is 0 Å². The van der Waals surface area contributed by atoms with Gasteiger partial charge in [0.2, 0.25) is 0 Å². The largest absolute Gasteiger partial charge is 0.266 e. The van der Waals surface area contributed by atoms with Crippen molar-refractivity contribution in [2.75, 3.05) is 0 Å². The fourth-order valence-corrected chi connectivity index (χ4v) is 0. The standard InChI is InChI=1S/C2H3Cl2N/c1-5-2(3)4/h2H,1H2. The van der Waals surface area contributed by atoms with Gasteiger partial charge >= 0.3 is 0 Å². The minimum absolute atomic E-state index is 0.657. The molecule has 0 spiro atoms. The van der Waals surface area contributed by atoms with Gasteiger partial charge in [-0.25, -0.2) is 0 Å². The van der Waals surface area contributed by atoms with E-state index in [1.807, 2.05) is 0 Å². The molecule has 1 nitrogen and oxygen atoms in total. The Kier molecular flexibility index (Phi) is 2.61. The summed E-state index contributed by atoms with van der Waals surface area (Å²) in [5.74, 6) is 0. The third kappa shape index (κ3) is 4.25. The van der Waals surface area contributed by atoms with Crippen molar-refractivity contribution in [3.05, 3.63) is 0 Å². The Bertz CT molecular complexity index is 34.6. The molecule has 0 aromatic heterocycles. The van der Waals surface area contributed by atoms with E-state index in [0.29, 0.717) is 0 Å². The van der Waals surface area contributed by atoms with Gasteiger partial charge in [0.1, 0.15) is 0 Å². The highest BCUT2D eigenvalue weighted by Crippen LogP contribution is 1.98. The SMILES string of the molecule is C=NC(Cl)Cl. The topological polar surface area (TPSA) is 12.4 Å². The van der Waals surface area contributed by atoms with E-state index in [-0.39, 0.29) is 0 Å². The van der Waals surface area contributed by atoms with Crippen LogP contribution in [0.2, 0.25) is 0 Å². The summed E-state index contributed by atoms with van der Waals surface area (Å²) in [6, 6.07) is 0. The maximum Gasteiger partial charge on any atom is 0.196 e. The lowest BCUT2D eigenvalue weighted by Gasteiger charge is -1.78. The number of nitrogens with zero attached hydrogens (tertiary/aromatic N) is 1. The Balaban J connectivity index is 2.83. The Morgan fingerprint density at radius 3 is 1.80 bits per heavy atom. The number of hydrogen-bond donors (Lipinski definition) is 0. The van der Waals surface area contributed by atoms with Gasteiger partial charge in [0.25, 0.3) is 0 Å². The van der Waals surface area contributed by atoms with Crippen molar-refractivity contribution >= 4 is 29.9 Å². The number of halogens is 2. The summed E-state index contributed by atoms with van der Waals surface area (Å²) in [6.07, 6.45) is 0. The molecule has 0 atom stereocenters. The molecule has 0 N–H and O–H groups in total. The van der Waals surface area contributed by atoms with Crippen LogP contribution in [0.3, 0.4) is 0 Å². The second-order valence-electron chi connectivity index (χ2n) is 0.460. The van der Waals surface area contributed by atoms with Crippen molar-refractivity contribution in [3.63, 3.8) is 0 Å². The van der Waals surface area contributed by atoms with E-state index in [9.17, 15) is 0 Å². The molecule has 0 aliphatic carbocycles. The summed E-state index contributed by atoms with van der Waals surface area (Å²) in [6.45, 7) is 3.05. The maximum absolute atomic E-state index is 5.00. The first-order valence-electron chi connectivity index (χ1n) is 1.01. The van der Waals surface area contributed by atoms with Crippen molar-refractivity contribution in [1.82, 2.24) is 0 Å². The van der Waals surface area contributed by atoms with Gasteiger partial charge in [0.15, 0.2) is 4.96 Å². The highest BCUT2D eigenvalue weighted by molar-refractivity contribution is 6.44. The van der Waals surface area contributed by atoms with Crippen molar-refractivity contribution < 1.29 is 0 Å². The van der Waals surface area contributed by atoms with E-state index >= 15 is 0 Å². The zero-order valence-corrected chi connectivity index (χ0v) is 4.00. The van der Waals surface area contributed by atoms with Gasteiger partial charge in [0.05, 0.1) is 0 Å². The second kappa shape index (κ2) is 2.49. The van der Waals surface area contributed by atoms with E-state index in [4.69, 9.17) is 23.2 Å². The fraction of sp³-hybridized carbons (Fsp3) is 0.500. The number of hydrogen-bond acceptors (Lipinski definition) is 1. The van der Waals surface area contributed by atoms with E-state index < -0.39 is 4.96 Å². The zero-order valence-electron chi connectivity index (χ0n) is 2.49. The van der Waals surface area contributed by atoms with Crippen molar-refractivity contribution in [3.8, 4) is 0 Å². The summed E-state index contributed by atoms with van der Waals surface area (Å²) < 4.78 is 0. The highest BCUT2D eigenvalue weighted by atomic mass is 35.5. The predicted molar refractivity (Wildman–Crippen MR) is 25.0 cm³/mol. The smallest absolute Gasteiger partial charge is 0.196 e. The fourth-order valence-electron chi connectivity index (χ4n) is 0. The van der Waals surface area contributed by atoms with Crippen LogP contribution in [0.5, 0.6) is 0 Å². The molecule has 0 amide bonds. The molecule has 30 valence electrons. The summed E-state index contributed by atoms with van der Waals surface area (Å²) >= 11 is 10.00. The Morgan fingerprint density at radius 1 is 1.60 bits per heavy atom. The first-order valence-corrected chi connectivity index (χ1v) is 1.88. The Morgan fingerprint density at radius 2 is 1.80 bits per heavy atom. The highest BCUT2D eigenvalue weighted by Gasteiger charge is 1.81. The molecule has 0 saturated heterocycles. The molecule has 0 aromatic carbocycles. The lowest BCUT2D eigenvalue weighted by atomic mass is 11.4. The van der Waals surface area contributed by atoms with Crippen molar-refractivity contribution in [2.24, 2.45) is 4.99 Å². The van der Waals surface area contributed by atoms with E-state index in [1.54, 1.807) is 0 Å². The van der Waals surface area contributed by atoms with Gasteiger partial charge < -0.3 is 0 Å². The summed E-state index contributed by atoms with van der Waals surface area (Å²) in [4.78, 5) is 2.51. The van der Waals surface area contributed by atoms with Crippen LogP contribution in [-0.2, 0) is 0 Å². The first kappa shape index (κ1) is 5.25. The molecule has 0 saturated carbocycles. The number of rotatable bonds is 1. The molecule has 0 fully saturated rings. The molecule has 0 rings (SSSR count). The minimum Gasteiger partial charge on any atom is -0.266 e. The number of aliphatic imine (C=N–C) groups is 1. The Labute approximate surface area is 40.6 Å². The third-order valence-corrected chi connectivity index (χ3v) is 0.414. The molecular weight excluding hydrogens is 109 g/mol. The average molecular weight is 112 g/mol. The van der Waals surface area contributed by atoms with Crippen LogP contribution in [0.1, 0.15) is 0 Å². The van der Waals surface area contributed by atoms with Crippen molar-refractivity contribution in [2.45, 2.75) is 4.96 Å². The summed E-state index contributed by atoms with van der Waals surface area (Å²) in [5.41, 5.74) is 0. The van der Waals surface area contributed by atoms with Gasteiger partial charge in [-0.2, -0.15) is 0 Å².